The third-order valence-corrected chi connectivity index (χ3v) is 4.48. The second-order valence-corrected chi connectivity index (χ2v) is 6.89. The number of nitrogens with zero attached hydrogens (tertiary/aromatic N) is 1. The Bertz CT molecular complexity index is 999. The fraction of sp³-hybridized carbons (Fsp3) is 0.250. The lowest BCUT2D eigenvalue weighted by atomic mass is 10.2. The number of rotatable bonds is 7. The van der Waals surface area contributed by atoms with Gasteiger partial charge in [-0.2, -0.15) is 0 Å². The molecule has 0 amide bonds. The van der Waals surface area contributed by atoms with E-state index in [0.29, 0.717) is 18.0 Å². The Labute approximate surface area is 173 Å². The maximum atomic E-state index is 12.3. The molecule has 2 aromatic carbocycles. The van der Waals surface area contributed by atoms with Gasteiger partial charge in [0, 0.05) is 15.4 Å². The zero-order chi connectivity index (χ0) is 21.0. The van der Waals surface area contributed by atoms with Crippen LogP contribution < -0.4 is 9.47 Å². The van der Waals surface area contributed by atoms with Crippen molar-refractivity contribution < 1.29 is 32.2 Å². The Balaban J connectivity index is 1.73. The largest absolute Gasteiger partial charge is 0.573 e. The molecule has 3 rings (SSSR count). The Morgan fingerprint density at radius 1 is 1.07 bits per heavy atom. The van der Waals surface area contributed by atoms with Crippen molar-refractivity contribution >= 4 is 32.8 Å². The van der Waals surface area contributed by atoms with Crippen LogP contribution in [0.25, 0.3) is 10.9 Å². The first-order valence-corrected chi connectivity index (χ1v) is 9.50. The number of esters is 1. The fourth-order valence-electron chi connectivity index (χ4n) is 2.85. The Kier molecular flexibility index (Phi) is 6.36. The number of ether oxygens (including phenoxy) is 3. The van der Waals surface area contributed by atoms with E-state index in [0.717, 1.165) is 15.4 Å². The molecular formula is C20H17BrF3NO4. The van der Waals surface area contributed by atoms with Crippen molar-refractivity contribution in [2.24, 2.45) is 0 Å². The summed E-state index contributed by atoms with van der Waals surface area (Å²) < 4.78 is 53.9. The number of carbonyl (C=O) groups is 1. The summed E-state index contributed by atoms with van der Waals surface area (Å²) in [4.78, 5) is 12.3. The van der Waals surface area contributed by atoms with Gasteiger partial charge >= 0.3 is 12.3 Å². The normalized spacial score (nSPS) is 11.5. The molecule has 9 heteroatoms. The van der Waals surface area contributed by atoms with Crippen LogP contribution in [0.1, 0.15) is 17.4 Å². The zero-order valence-corrected chi connectivity index (χ0v) is 16.9. The number of carbonyl (C=O) groups excluding carboxylic acids is 1. The fourth-order valence-corrected chi connectivity index (χ4v) is 3.23. The van der Waals surface area contributed by atoms with Gasteiger partial charge < -0.3 is 18.8 Å². The van der Waals surface area contributed by atoms with Gasteiger partial charge in [-0.25, -0.2) is 4.79 Å². The van der Waals surface area contributed by atoms with E-state index in [1.54, 1.807) is 17.6 Å². The quantitative estimate of drug-likeness (QED) is 0.423. The predicted octanol–water partition coefficient (Wildman–Crippen LogP) is 5.56. The summed E-state index contributed by atoms with van der Waals surface area (Å²) in [7, 11) is 0. The van der Waals surface area contributed by atoms with Crippen LogP contribution >= 0.6 is 15.9 Å². The molecule has 0 bridgehead atoms. The highest BCUT2D eigenvalue weighted by Gasteiger charge is 2.31. The number of hydrogen-bond acceptors (Lipinski definition) is 4. The van der Waals surface area contributed by atoms with Gasteiger partial charge in [0.05, 0.1) is 13.2 Å². The van der Waals surface area contributed by atoms with Crippen molar-refractivity contribution in [1.29, 1.82) is 0 Å². The van der Waals surface area contributed by atoms with E-state index >= 15 is 0 Å². The minimum Gasteiger partial charge on any atom is -0.492 e. The molecular weight excluding hydrogens is 455 g/mol. The lowest BCUT2D eigenvalue weighted by Crippen LogP contribution is -2.17. The second kappa shape index (κ2) is 8.77. The molecule has 154 valence electrons. The van der Waals surface area contributed by atoms with E-state index < -0.39 is 12.3 Å². The molecule has 0 unspecified atom stereocenters. The summed E-state index contributed by atoms with van der Waals surface area (Å²) in [5.41, 5.74) is 1.24. The van der Waals surface area contributed by atoms with Crippen LogP contribution in [0.5, 0.6) is 11.5 Å². The van der Waals surface area contributed by atoms with Gasteiger partial charge in [-0.1, -0.05) is 15.9 Å². The summed E-state index contributed by atoms with van der Waals surface area (Å²) >= 11 is 3.41. The minimum atomic E-state index is -4.74. The van der Waals surface area contributed by atoms with E-state index in [4.69, 9.17) is 9.47 Å². The minimum absolute atomic E-state index is 0.200. The molecule has 0 radical (unpaired) electrons. The van der Waals surface area contributed by atoms with Crippen molar-refractivity contribution in [3.63, 3.8) is 0 Å². The molecule has 29 heavy (non-hydrogen) atoms. The van der Waals surface area contributed by atoms with Crippen molar-refractivity contribution in [3.8, 4) is 11.5 Å². The maximum Gasteiger partial charge on any atom is 0.573 e. The van der Waals surface area contributed by atoms with Crippen molar-refractivity contribution in [3.05, 3.63) is 58.7 Å². The summed E-state index contributed by atoms with van der Waals surface area (Å²) in [6, 6.07) is 12.5. The number of hydrogen-bond donors (Lipinski definition) is 0. The van der Waals surface area contributed by atoms with Gasteiger partial charge in [-0.3, -0.25) is 0 Å². The number of halogens is 4. The van der Waals surface area contributed by atoms with Gasteiger partial charge in [0.2, 0.25) is 0 Å². The number of aromatic nitrogens is 1. The van der Waals surface area contributed by atoms with Crippen molar-refractivity contribution in [1.82, 2.24) is 4.57 Å². The number of fused-ring (bicyclic) bond motifs is 1. The van der Waals surface area contributed by atoms with E-state index in [-0.39, 0.29) is 19.0 Å². The van der Waals surface area contributed by atoms with Gasteiger partial charge in [0.1, 0.15) is 23.8 Å². The highest BCUT2D eigenvalue weighted by Crippen LogP contribution is 2.26. The van der Waals surface area contributed by atoms with Gasteiger partial charge in [0.25, 0.3) is 0 Å². The first kappa shape index (κ1) is 21.0. The van der Waals surface area contributed by atoms with Crippen molar-refractivity contribution in [2.45, 2.75) is 19.8 Å². The molecule has 0 saturated heterocycles. The molecule has 0 spiro atoms. The monoisotopic (exact) mass is 471 g/mol. The number of alkyl halides is 3. The van der Waals surface area contributed by atoms with Crippen LogP contribution in [0.2, 0.25) is 0 Å². The van der Waals surface area contributed by atoms with Crippen LogP contribution in [-0.4, -0.2) is 30.1 Å². The molecule has 0 fully saturated rings. The molecule has 0 aliphatic rings. The first-order chi connectivity index (χ1) is 13.8. The van der Waals surface area contributed by atoms with Gasteiger partial charge in [-0.15, -0.1) is 13.2 Å². The maximum absolute atomic E-state index is 12.3. The van der Waals surface area contributed by atoms with Crippen LogP contribution in [0.15, 0.2) is 53.0 Å². The molecule has 1 aromatic heterocycles. The highest BCUT2D eigenvalue weighted by molar-refractivity contribution is 9.10. The van der Waals surface area contributed by atoms with E-state index in [1.807, 2.05) is 18.2 Å². The summed E-state index contributed by atoms with van der Waals surface area (Å²) in [5.74, 6) is -0.374. The first-order valence-electron chi connectivity index (χ1n) is 8.71. The average molecular weight is 472 g/mol. The Morgan fingerprint density at radius 2 is 1.76 bits per heavy atom. The van der Waals surface area contributed by atoms with Crippen LogP contribution in [0.3, 0.4) is 0 Å². The van der Waals surface area contributed by atoms with Gasteiger partial charge in [0.15, 0.2) is 0 Å². The van der Waals surface area contributed by atoms with Crippen LogP contribution in [-0.2, 0) is 11.3 Å². The Hall–Kier alpha value is -2.68. The number of benzene rings is 2. The molecule has 0 aliphatic carbocycles. The summed E-state index contributed by atoms with van der Waals surface area (Å²) in [6.45, 7) is 2.54. The molecule has 0 aliphatic heterocycles. The lowest BCUT2D eigenvalue weighted by Gasteiger charge is -2.12. The SMILES string of the molecule is CCOC(=O)c1cc2cc(Br)ccc2n1CCOc1ccc(OC(F)(F)F)cc1. The zero-order valence-electron chi connectivity index (χ0n) is 15.3. The predicted molar refractivity (Wildman–Crippen MR) is 104 cm³/mol. The topological polar surface area (TPSA) is 49.7 Å². The van der Waals surface area contributed by atoms with Crippen LogP contribution in [0.4, 0.5) is 13.2 Å². The summed E-state index contributed by atoms with van der Waals surface area (Å²) in [6.07, 6.45) is -4.74. The van der Waals surface area contributed by atoms with E-state index in [1.165, 1.54) is 24.3 Å². The molecule has 0 atom stereocenters. The smallest absolute Gasteiger partial charge is 0.492 e. The Morgan fingerprint density at radius 3 is 2.41 bits per heavy atom. The average Bonchev–Trinajstić information content (AvgIpc) is 3.00. The molecule has 1 heterocycles. The molecule has 0 saturated carbocycles. The van der Waals surface area contributed by atoms with Gasteiger partial charge in [-0.05, 0) is 55.5 Å². The highest BCUT2D eigenvalue weighted by atomic mass is 79.9. The molecule has 3 aromatic rings. The molecule has 0 N–H and O–H groups in total. The lowest BCUT2D eigenvalue weighted by molar-refractivity contribution is -0.274. The van der Waals surface area contributed by atoms with E-state index in [9.17, 15) is 18.0 Å². The van der Waals surface area contributed by atoms with Crippen molar-refractivity contribution in [2.75, 3.05) is 13.2 Å². The summed E-state index contributed by atoms with van der Waals surface area (Å²) in [5, 5.41) is 0.871. The third-order valence-electron chi connectivity index (χ3n) is 3.99. The second-order valence-electron chi connectivity index (χ2n) is 5.97. The van der Waals surface area contributed by atoms with E-state index in [2.05, 4.69) is 20.7 Å². The third kappa shape index (κ3) is 5.44. The standard InChI is InChI=1S/C20H17BrF3NO4/c1-2-27-19(26)18-12-13-11-14(21)3-8-17(13)25(18)9-10-28-15-4-6-16(7-5-15)29-20(22,23)24/h3-8,11-12H,2,9-10H2,1H3. The molecule has 5 nitrogen and oxygen atoms in total. The van der Waals surface area contributed by atoms with Crippen LogP contribution in [0, 0.1) is 0 Å².